The van der Waals surface area contributed by atoms with E-state index in [1.807, 2.05) is 133 Å². The topological polar surface area (TPSA) is 245 Å². The summed E-state index contributed by atoms with van der Waals surface area (Å²) in [5.41, 5.74) is 2.36. The summed E-state index contributed by atoms with van der Waals surface area (Å²) in [7, 11) is 1.00. The first-order valence-corrected chi connectivity index (χ1v) is 24.5. The molecule has 0 aromatic heterocycles. The van der Waals surface area contributed by atoms with Gasteiger partial charge < -0.3 is 59.0 Å². The first-order chi connectivity index (χ1) is 37.3. The molecule has 0 saturated carbocycles. The number of rotatable bonds is 13. The van der Waals surface area contributed by atoms with Gasteiger partial charge in [0.1, 0.15) is 61.1 Å². The van der Waals surface area contributed by atoms with Gasteiger partial charge in [0, 0.05) is 43.3 Å². The molecule has 4 unspecified atom stereocenters. The summed E-state index contributed by atoms with van der Waals surface area (Å²) in [5.74, 6) is 2.66. The van der Waals surface area contributed by atoms with Gasteiger partial charge in [-0.3, -0.25) is 9.59 Å². The Morgan fingerprint density at radius 2 is 0.937 bits per heavy atom. The van der Waals surface area contributed by atoms with Crippen LogP contribution in [0.2, 0.25) is 0 Å². The summed E-state index contributed by atoms with van der Waals surface area (Å²) < 4.78 is 36.9. The number of alkyl halides is 1. The number of phenolic OH excluding ortho intramolecular Hbond substituents is 1. The van der Waals surface area contributed by atoms with E-state index in [4.69, 9.17) is 60.3 Å². The van der Waals surface area contributed by atoms with Gasteiger partial charge in [-0.05, 0) is 62.0 Å². The average molecular weight is 1120 g/mol. The molecule has 79 heavy (non-hydrogen) atoms. The van der Waals surface area contributed by atoms with E-state index >= 15 is 0 Å². The summed E-state index contributed by atoms with van der Waals surface area (Å²) in [5, 5.41) is 56.3. The van der Waals surface area contributed by atoms with E-state index < -0.39 is 0 Å². The Balaban J connectivity index is 0.000000259. The number of aromatic hydroxyl groups is 1. The summed E-state index contributed by atoms with van der Waals surface area (Å²) in [4.78, 5) is 23.1. The summed E-state index contributed by atoms with van der Waals surface area (Å²) in [6.07, 6.45) is 3.91. The minimum atomic E-state index is 0. The maximum absolute atomic E-state index is 11.2. The van der Waals surface area contributed by atoms with Crippen LogP contribution in [0.4, 0.5) is 0 Å². The zero-order valence-corrected chi connectivity index (χ0v) is 43.2. The van der Waals surface area contributed by atoms with Crippen LogP contribution in [0.1, 0.15) is 46.7 Å². The maximum atomic E-state index is 11.2. The lowest BCUT2D eigenvalue weighted by Crippen LogP contribution is -2.06. The van der Waals surface area contributed by atoms with E-state index in [0.717, 1.165) is 88.5 Å². The highest BCUT2D eigenvalue weighted by Gasteiger charge is 2.26. The number of hydrogen-bond donors (Lipinski definition) is 5. The Morgan fingerprint density at radius 1 is 0.595 bits per heavy atom. The normalized spacial score (nSPS) is 16.1. The van der Waals surface area contributed by atoms with Gasteiger partial charge in [0.15, 0.2) is 18.1 Å². The molecule has 4 saturated heterocycles. The van der Waals surface area contributed by atoms with Crippen molar-refractivity contribution in [2.24, 2.45) is 5.16 Å². The van der Waals surface area contributed by atoms with Gasteiger partial charge in [0.05, 0.1) is 55.8 Å². The predicted octanol–water partition coefficient (Wildman–Crippen LogP) is 11.3. The molecule has 4 heterocycles. The summed E-state index contributed by atoms with van der Waals surface area (Å²) >= 11 is 9.58. The Bertz CT molecular complexity index is 3240. The van der Waals surface area contributed by atoms with Crippen molar-refractivity contribution in [3.8, 4) is 29.1 Å². The molecule has 4 atom stereocenters. The molecule has 5 N–H and O–H groups in total. The molecular weight excluding hydrogens is 1060 g/mol. The third-order valence-electron chi connectivity index (χ3n) is 11.3. The largest absolute Gasteiger partial charge is 0.507 e. The number of carbonyl (C=O) groups excluding carboxylic acids is 2. The lowest BCUT2D eigenvalue weighted by atomic mass is 10.0. The molecule has 0 bridgehead atoms. The van der Waals surface area contributed by atoms with Gasteiger partial charge in [0.25, 0.3) is 0 Å². The van der Waals surface area contributed by atoms with Crippen LogP contribution in [0.5, 0.6) is 23.0 Å². The quantitative estimate of drug-likeness (QED) is 0.0105. The van der Waals surface area contributed by atoms with Crippen molar-refractivity contribution in [1.29, 1.82) is 0 Å². The van der Waals surface area contributed by atoms with Gasteiger partial charge in [-0.1, -0.05) is 141 Å². The molecule has 20 heteroatoms. The number of aliphatic hydroxyl groups is 1. The number of aliphatic hydroxyl groups excluding tert-OH is 1. The van der Waals surface area contributed by atoms with Crippen molar-refractivity contribution >= 4 is 93.7 Å². The lowest BCUT2D eigenvalue weighted by Gasteiger charge is -2.10. The Hall–Kier alpha value is -7.54. The van der Waals surface area contributed by atoms with Crippen molar-refractivity contribution in [2.75, 3.05) is 59.2 Å². The molecule has 4 aliphatic heterocycles. The van der Waals surface area contributed by atoms with Gasteiger partial charge in [0.2, 0.25) is 0 Å². The SMILES string of the molecule is C.C.CO.ClCC1CO1.O/N=C/c1c(OCC2CO2)ccc2ccccc12.O=Cc1c(O)ccc2ccccc12.O=Cc1c(OCC2CO2)ccc2ccccc12.ONCl.[B].[O-][N+]#Cc1c(OCC2CO2)ccc2ccccc12. The van der Waals surface area contributed by atoms with Crippen LogP contribution < -0.4 is 19.2 Å². The van der Waals surface area contributed by atoms with Crippen molar-refractivity contribution < 1.29 is 63.4 Å². The van der Waals surface area contributed by atoms with E-state index in [-0.39, 0.29) is 47.3 Å². The fraction of sp³-hybridized carbons (Fsp3) is 0.254. The molecular formula is C59H63BCl2N3O14. The van der Waals surface area contributed by atoms with Crippen LogP contribution in [0.15, 0.2) is 151 Å². The van der Waals surface area contributed by atoms with Crippen LogP contribution in [0.3, 0.4) is 0 Å². The number of aldehydes is 2. The molecule has 12 rings (SSSR count). The van der Waals surface area contributed by atoms with Crippen molar-refractivity contribution in [2.45, 2.75) is 39.3 Å². The smallest absolute Gasteiger partial charge is 0.341 e. The van der Waals surface area contributed by atoms with Crippen molar-refractivity contribution in [3.63, 3.8) is 0 Å². The molecule has 0 amide bonds. The van der Waals surface area contributed by atoms with Crippen LogP contribution in [-0.4, -0.2) is 131 Å². The van der Waals surface area contributed by atoms with Crippen molar-refractivity contribution in [3.05, 3.63) is 178 Å². The number of nitrogens with zero attached hydrogens (tertiary/aromatic N) is 2. The number of epoxide rings is 4. The number of benzene rings is 8. The third kappa shape index (κ3) is 20.3. The first-order valence-electron chi connectivity index (χ1n) is 23.6. The summed E-state index contributed by atoms with van der Waals surface area (Å²) in [6.45, 7) is 4.67. The molecule has 8 aromatic carbocycles. The Labute approximate surface area is 470 Å². The number of ether oxygens (including phenoxy) is 7. The fourth-order valence-electron chi connectivity index (χ4n) is 7.25. The van der Waals surface area contributed by atoms with Crippen LogP contribution in [0.25, 0.3) is 48.1 Å². The molecule has 8 aromatic rings. The van der Waals surface area contributed by atoms with Crippen LogP contribution >= 0.6 is 23.4 Å². The molecule has 17 nitrogen and oxygen atoms in total. The van der Waals surface area contributed by atoms with E-state index in [9.17, 15) is 19.9 Å². The van der Waals surface area contributed by atoms with E-state index in [2.05, 4.69) is 28.0 Å². The Kier molecular flexibility index (Phi) is 29.2. The van der Waals surface area contributed by atoms with Gasteiger partial charge in [-0.15, -0.1) is 16.6 Å². The number of phenols is 1. The molecule has 0 aliphatic carbocycles. The summed E-state index contributed by atoms with van der Waals surface area (Å²) in [6, 6.07) is 48.2. The minimum absolute atomic E-state index is 0. The van der Waals surface area contributed by atoms with E-state index in [1.54, 1.807) is 6.07 Å². The van der Waals surface area contributed by atoms with Crippen LogP contribution in [-0.2, 0) is 18.9 Å². The average Bonchev–Trinajstić information content (AvgIpc) is 4.25. The number of fused-ring (bicyclic) bond motifs is 4. The monoisotopic (exact) mass is 1120 g/mol. The standard InChI is InChI=1S/C14H13NO3.C14H11NO3.C14H12O3.C11H8O2.C3H5ClO.CH4O.2CH4.B.ClH2NO/c2*16-15-7-13-12-4-2-1-3-10(12)5-6-14(13)18-9-11-8-17-11;15-7-13-12-4-2-1-3-10(12)5-6-14(13)17-9-11-8-16-11;12-7-10-9-4-2-1-3-8(9)5-6-11(10)13;4-1-3-2-5-3;1-2;;;;1-2-3/h1-7,11,16H,8-9H2;1-6,11H,8-9H2;1-7,11H,8-9H2;1-7,13H;3H,1-2H2;2H,1H3;2*1H4;;2-3H/b15-7+;;;;;;;;;. The van der Waals surface area contributed by atoms with Crippen LogP contribution in [0, 0.1) is 11.3 Å². The second-order valence-corrected chi connectivity index (χ2v) is 16.9. The highest BCUT2D eigenvalue weighted by atomic mass is 35.5. The predicted molar refractivity (Wildman–Crippen MR) is 312 cm³/mol. The molecule has 0 spiro atoms. The van der Waals surface area contributed by atoms with Gasteiger partial charge in [-0.25, -0.2) is 0 Å². The minimum Gasteiger partial charge on any atom is -0.507 e. The van der Waals surface area contributed by atoms with E-state index in [1.165, 1.54) is 17.3 Å². The zero-order chi connectivity index (χ0) is 54.1. The van der Waals surface area contributed by atoms with Gasteiger partial charge in [-0.2, -0.15) is 0 Å². The molecule has 4 aliphatic rings. The number of hydrogen-bond acceptors (Lipinski definition) is 16. The Morgan fingerprint density at radius 3 is 1.32 bits per heavy atom. The number of carbonyl (C=O) groups is 2. The highest BCUT2D eigenvalue weighted by Crippen LogP contribution is 2.31. The molecule has 3 radical (unpaired) electrons. The maximum Gasteiger partial charge on any atom is 0.341 e. The second-order valence-electron chi connectivity index (χ2n) is 16.5. The van der Waals surface area contributed by atoms with E-state index in [0.29, 0.717) is 72.0 Å². The number of nitrogens with one attached hydrogen (secondary N) is 1. The lowest BCUT2D eigenvalue weighted by molar-refractivity contribution is 0.111. The van der Waals surface area contributed by atoms with Gasteiger partial charge >= 0.3 is 6.07 Å². The first kappa shape index (κ1) is 65.7. The zero-order valence-electron chi connectivity index (χ0n) is 41.7. The van der Waals surface area contributed by atoms with Crippen molar-refractivity contribution in [1.82, 2.24) is 5.00 Å². The third-order valence-corrected chi connectivity index (χ3v) is 11.7. The number of oxime groups is 1. The fourth-order valence-corrected chi connectivity index (χ4v) is 7.43. The molecule has 4 fully saturated rings. The second kappa shape index (κ2) is 35.1. The molecule has 415 valence electrons. The number of halogens is 2. The highest BCUT2D eigenvalue weighted by molar-refractivity contribution is 6.18.